The van der Waals surface area contributed by atoms with E-state index in [4.69, 9.17) is 4.74 Å². The maximum atomic E-state index is 12.0. The molecule has 0 saturated heterocycles. The predicted molar refractivity (Wildman–Crippen MR) is 84.6 cm³/mol. The SMILES string of the molecule is O=C(O[C@H]1CCCC[C@H]1I)c1ccccc1I. The number of hydrogen-bond acceptors (Lipinski definition) is 2. The van der Waals surface area contributed by atoms with Crippen molar-refractivity contribution in [2.24, 2.45) is 0 Å². The van der Waals surface area contributed by atoms with Gasteiger partial charge in [-0.1, -0.05) is 41.1 Å². The summed E-state index contributed by atoms with van der Waals surface area (Å²) < 4.78 is 7.04. The molecular formula is C13H14I2O2. The van der Waals surface area contributed by atoms with Gasteiger partial charge >= 0.3 is 5.97 Å². The molecule has 1 aliphatic carbocycles. The van der Waals surface area contributed by atoms with Crippen LogP contribution < -0.4 is 0 Å². The molecule has 2 atom stereocenters. The Morgan fingerprint density at radius 2 is 1.94 bits per heavy atom. The van der Waals surface area contributed by atoms with Gasteiger partial charge in [-0.25, -0.2) is 4.79 Å². The fourth-order valence-electron chi connectivity index (χ4n) is 2.01. The van der Waals surface area contributed by atoms with Crippen LogP contribution in [0.2, 0.25) is 0 Å². The highest BCUT2D eigenvalue weighted by molar-refractivity contribution is 14.1. The minimum atomic E-state index is -0.177. The van der Waals surface area contributed by atoms with Gasteiger partial charge in [-0.2, -0.15) is 0 Å². The second-order valence-corrected chi connectivity index (χ2v) is 6.99. The Morgan fingerprint density at radius 3 is 2.65 bits per heavy atom. The fraction of sp³-hybridized carbons (Fsp3) is 0.462. The van der Waals surface area contributed by atoms with Gasteiger partial charge in [0.2, 0.25) is 0 Å². The molecule has 1 saturated carbocycles. The second-order valence-electron chi connectivity index (χ2n) is 4.22. The van der Waals surface area contributed by atoms with Gasteiger partial charge in [0.15, 0.2) is 0 Å². The van der Waals surface area contributed by atoms with Crippen molar-refractivity contribution in [2.45, 2.75) is 35.7 Å². The lowest BCUT2D eigenvalue weighted by atomic mass is 9.97. The molecule has 1 fully saturated rings. The third kappa shape index (κ3) is 3.56. The van der Waals surface area contributed by atoms with E-state index in [0.717, 1.165) is 16.4 Å². The number of carbonyl (C=O) groups is 1. The normalized spacial score (nSPS) is 24.4. The number of esters is 1. The van der Waals surface area contributed by atoms with Crippen molar-refractivity contribution in [1.29, 1.82) is 0 Å². The molecule has 1 aromatic carbocycles. The van der Waals surface area contributed by atoms with Crippen molar-refractivity contribution in [3.05, 3.63) is 33.4 Å². The van der Waals surface area contributed by atoms with E-state index in [1.54, 1.807) is 0 Å². The highest BCUT2D eigenvalue weighted by Crippen LogP contribution is 2.28. The van der Waals surface area contributed by atoms with Crippen LogP contribution in [-0.2, 0) is 4.74 Å². The van der Waals surface area contributed by atoms with Crippen LogP contribution in [0.15, 0.2) is 24.3 Å². The van der Waals surface area contributed by atoms with Gasteiger partial charge in [-0.15, -0.1) is 0 Å². The molecule has 92 valence electrons. The number of halogens is 2. The van der Waals surface area contributed by atoms with Gasteiger partial charge < -0.3 is 4.74 Å². The maximum absolute atomic E-state index is 12.0. The summed E-state index contributed by atoms with van der Waals surface area (Å²) >= 11 is 4.57. The van der Waals surface area contributed by atoms with Gasteiger partial charge in [0.05, 0.1) is 5.56 Å². The van der Waals surface area contributed by atoms with Crippen LogP contribution in [0.3, 0.4) is 0 Å². The first-order valence-corrected chi connectivity index (χ1v) is 8.10. The van der Waals surface area contributed by atoms with Gasteiger partial charge in [0.1, 0.15) is 6.10 Å². The Kier molecular flexibility index (Phi) is 5.08. The van der Waals surface area contributed by atoms with Crippen molar-refractivity contribution < 1.29 is 9.53 Å². The van der Waals surface area contributed by atoms with Gasteiger partial charge in [0.25, 0.3) is 0 Å². The number of carbonyl (C=O) groups excluding carboxylic acids is 1. The van der Waals surface area contributed by atoms with Crippen molar-refractivity contribution in [3.8, 4) is 0 Å². The average molecular weight is 456 g/mol. The molecule has 2 rings (SSSR count). The smallest absolute Gasteiger partial charge is 0.339 e. The average Bonchev–Trinajstić information content (AvgIpc) is 2.32. The monoisotopic (exact) mass is 456 g/mol. The molecule has 0 unspecified atom stereocenters. The number of alkyl halides is 1. The lowest BCUT2D eigenvalue weighted by Gasteiger charge is -2.27. The topological polar surface area (TPSA) is 26.3 Å². The van der Waals surface area contributed by atoms with E-state index in [1.807, 2.05) is 24.3 Å². The van der Waals surface area contributed by atoms with Crippen molar-refractivity contribution in [1.82, 2.24) is 0 Å². The van der Waals surface area contributed by atoms with Crippen LogP contribution in [0, 0.1) is 3.57 Å². The lowest BCUT2D eigenvalue weighted by Crippen LogP contribution is -2.30. The molecule has 0 bridgehead atoms. The first kappa shape index (κ1) is 13.6. The Labute approximate surface area is 129 Å². The maximum Gasteiger partial charge on any atom is 0.339 e. The predicted octanol–water partition coefficient (Wildman–Crippen LogP) is 4.19. The van der Waals surface area contributed by atoms with Crippen molar-refractivity contribution in [2.75, 3.05) is 0 Å². The molecule has 2 nitrogen and oxygen atoms in total. The van der Waals surface area contributed by atoms with Gasteiger partial charge in [-0.3, -0.25) is 0 Å². The van der Waals surface area contributed by atoms with E-state index >= 15 is 0 Å². The number of benzene rings is 1. The molecule has 1 aromatic rings. The zero-order valence-electron chi connectivity index (χ0n) is 9.36. The fourth-order valence-corrected chi connectivity index (χ4v) is 3.57. The number of rotatable bonds is 2. The summed E-state index contributed by atoms with van der Waals surface area (Å²) in [5, 5.41) is 0. The number of ether oxygens (including phenoxy) is 1. The summed E-state index contributed by atoms with van der Waals surface area (Å²) in [5.41, 5.74) is 0.683. The minimum Gasteiger partial charge on any atom is -0.458 e. The van der Waals surface area contributed by atoms with Gasteiger partial charge in [-0.05, 0) is 54.0 Å². The molecule has 4 heteroatoms. The Balaban J connectivity index is 2.04. The summed E-state index contributed by atoms with van der Waals surface area (Å²) in [6.45, 7) is 0. The first-order chi connectivity index (χ1) is 8.18. The molecule has 0 aliphatic heterocycles. The van der Waals surface area contributed by atoms with Gasteiger partial charge in [0, 0.05) is 7.49 Å². The Bertz CT molecular complexity index is 406. The van der Waals surface area contributed by atoms with E-state index in [2.05, 4.69) is 45.2 Å². The highest BCUT2D eigenvalue weighted by Gasteiger charge is 2.26. The van der Waals surface area contributed by atoms with Crippen LogP contribution in [0.25, 0.3) is 0 Å². The van der Waals surface area contributed by atoms with E-state index in [9.17, 15) is 4.79 Å². The van der Waals surface area contributed by atoms with Crippen molar-refractivity contribution >= 4 is 51.2 Å². The largest absolute Gasteiger partial charge is 0.458 e. The summed E-state index contributed by atoms with van der Waals surface area (Å²) in [4.78, 5) is 12.0. The molecule has 0 heterocycles. The second kappa shape index (κ2) is 6.36. The Morgan fingerprint density at radius 1 is 1.24 bits per heavy atom. The molecule has 1 aliphatic rings. The van der Waals surface area contributed by atoms with E-state index in [1.165, 1.54) is 12.8 Å². The standard InChI is InChI=1S/C13H14I2O2/c14-10-6-2-1-5-9(10)13(16)17-12-8-4-3-7-11(12)15/h1-2,5-6,11-12H,3-4,7-8H2/t11-,12+/m1/s1. The van der Waals surface area contributed by atoms with Crippen LogP contribution in [0.4, 0.5) is 0 Å². The zero-order valence-corrected chi connectivity index (χ0v) is 13.7. The van der Waals surface area contributed by atoms with E-state index in [0.29, 0.717) is 9.49 Å². The van der Waals surface area contributed by atoms with Crippen molar-refractivity contribution in [3.63, 3.8) is 0 Å². The Hall–Kier alpha value is 0.150. The van der Waals surface area contributed by atoms with E-state index in [-0.39, 0.29) is 12.1 Å². The summed E-state index contributed by atoms with van der Waals surface area (Å²) in [7, 11) is 0. The third-order valence-electron chi connectivity index (χ3n) is 2.97. The van der Waals surface area contributed by atoms with Crippen LogP contribution in [0.5, 0.6) is 0 Å². The molecule has 0 N–H and O–H groups in total. The summed E-state index contributed by atoms with van der Waals surface area (Å²) in [5.74, 6) is -0.177. The zero-order chi connectivity index (χ0) is 12.3. The third-order valence-corrected chi connectivity index (χ3v) is 5.34. The number of hydrogen-bond donors (Lipinski definition) is 0. The molecule has 0 radical (unpaired) electrons. The first-order valence-electron chi connectivity index (χ1n) is 5.78. The molecule has 0 spiro atoms. The molecular weight excluding hydrogens is 442 g/mol. The summed E-state index contributed by atoms with van der Waals surface area (Å²) in [6, 6.07) is 7.57. The minimum absolute atomic E-state index is 0.0906. The molecule has 17 heavy (non-hydrogen) atoms. The van der Waals surface area contributed by atoms with E-state index < -0.39 is 0 Å². The molecule has 0 aromatic heterocycles. The quantitative estimate of drug-likeness (QED) is 0.379. The summed E-state index contributed by atoms with van der Waals surface area (Å²) in [6.07, 6.45) is 4.67. The van der Waals surface area contributed by atoms with Crippen LogP contribution >= 0.6 is 45.2 Å². The van der Waals surface area contributed by atoms with Crippen LogP contribution in [0.1, 0.15) is 36.0 Å². The molecule has 0 amide bonds. The van der Waals surface area contributed by atoms with Crippen LogP contribution in [-0.4, -0.2) is 16.0 Å². The highest BCUT2D eigenvalue weighted by atomic mass is 127. The lowest BCUT2D eigenvalue weighted by molar-refractivity contribution is 0.0241.